The zero-order valence-corrected chi connectivity index (χ0v) is 15.9. The van der Waals surface area contributed by atoms with Crippen molar-refractivity contribution in [1.29, 1.82) is 0 Å². The van der Waals surface area contributed by atoms with Gasteiger partial charge < -0.3 is 4.90 Å². The molecule has 0 aliphatic heterocycles. The predicted octanol–water partition coefficient (Wildman–Crippen LogP) is 3.03. The summed E-state index contributed by atoms with van der Waals surface area (Å²) in [7, 11) is -1.36. The molecule has 1 rings (SSSR count). The highest BCUT2D eigenvalue weighted by Crippen LogP contribution is 2.06. The van der Waals surface area contributed by atoms with Crippen LogP contribution < -0.4 is 0 Å². The van der Waals surface area contributed by atoms with Gasteiger partial charge in [-0.1, -0.05) is 45.4 Å². The molecule has 0 bridgehead atoms. The summed E-state index contributed by atoms with van der Waals surface area (Å²) < 4.78 is 30.5. The van der Waals surface area contributed by atoms with Crippen molar-refractivity contribution in [1.82, 2.24) is 4.90 Å². The van der Waals surface area contributed by atoms with Crippen LogP contribution in [0.2, 0.25) is 0 Å². The second kappa shape index (κ2) is 13.0. The number of benzene rings is 1. The summed E-state index contributed by atoms with van der Waals surface area (Å²) >= 11 is 0. The number of amides is 1. The third-order valence-corrected chi connectivity index (χ3v) is 3.37. The highest BCUT2D eigenvalue weighted by atomic mass is 32.3. The van der Waals surface area contributed by atoms with Crippen molar-refractivity contribution in [3.8, 4) is 0 Å². The van der Waals surface area contributed by atoms with E-state index in [4.69, 9.17) is 0 Å². The largest absolute Gasteiger partial charge is 0.399 e. The number of carbonyl (C=O) groups is 1. The summed E-state index contributed by atoms with van der Waals surface area (Å²) in [6.07, 6.45) is 0. The van der Waals surface area contributed by atoms with Gasteiger partial charge >= 0.3 is 10.4 Å². The summed E-state index contributed by atoms with van der Waals surface area (Å²) in [6.45, 7) is 9.93. The smallest absolute Gasteiger partial charge is 0.339 e. The number of aryl methyl sites for hydroxylation is 1. The predicted molar refractivity (Wildman–Crippen MR) is 92.7 cm³/mol. The van der Waals surface area contributed by atoms with Gasteiger partial charge in [-0.05, 0) is 19.1 Å². The van der Waals surface area contributed by atoms with E-state index < -0.39 is 10.4 Å². The normalized spacial score (nSPS) is 9.87. The minimum Gasteiger partial charge on any atom is -0.339 e. The maximum absolute atomic E-state index is 12.0. The first-order valence-electron chi connectivity index (χ1n) is 7.63. The first-order chi connectivity index (χ1) is 10.9. The summed E-state index contributed by atoms with van der Waals surface area (Å²) in [4.78, 5) is 13.4. The Labute approximate surface area is 140 Å². The van der Waals surface area contributed by atoms with Gasteiger partial charge in [-0.15, -0.1) is 0 Å². The lowest BCUT2D eigenvalue weighted by atomic mass is 10.1. The monoisotopic (exact) mass is 347 g/mol. The average molecular weight is 347 g/mol. The Kier molecular flexibility index (Phi) is 13.5. The van der Waals surface area contributed by atoms with Crippen molar-refractivity contribution in [2.45, 2.75) is 34.6 Å². The molecular formula is C16H29NO5S. The average Bonchev–Trinajstić information content (AvgIpc) is 2.58. The fourth-order valence-corrected chi connectivity index (χ4v) is 1.72. The van der Waals surface area contributed by atoms with E-state index in [-0.39, 0.29) is 19.1 Å². The van der Waals surface area contributed by atoms with E-state index in [2.05, 4.69) is 8.37 Å². The third kappa shape index (κ3) is 10.0. The molecule has 0 aromatic heterocycles. The lowest BCUT2D eigenvalue weighted by molar-refractivity contribution is 0.0769. The fourth-order valence-electron chi connectivity index (χ4n) is 1.34. The molecule has 0 N–H and O–H groups in total. The SMILES string of the molecule is CC.CC.COS(=O)(=O)OCCN(C)C(=O)c1ccc(C)cc1. The van der Waals surface area contributed by atoms with Crippen molar-refractivity contribution < 1.29 is 21.6 Å². The van der Waals surface area contributed by atoms with Gasteiger partial charge in [0.1, 0.15) is 0 Å². The number of hydrogen-bond acceptors (Lipinski definition) is 5. The maximum Gasteiger partial charge on any atom is 0.399 e. The van der Waals surface area contributed by atoms with E-state index in [1.165, 1.54) is 4.90 Å². The Bertz CT molecular complexity index is 526. The van der Waals surface area contributed by atoms with Crippen LogP contribution in [-0.4, -0.2) is 46.5 Å². The van der Waals surface area contributed by atoms with Crippen LogP contribution in [0.1, 0.15) is 43.6 Å². The molecule has 1 amide bonds. The first-order valence-corrected chi connectivity index (χ1v) is 8.96. The summed E-state index contributed by atoms with van der Waals surface area (Å²) in [6, 6.07) is 7.13. The molecule has 0 fully saturated rings. The van der Waals surface area contributed by atoms with Crippen LogP contribution in [0.3, 0.4) is 0 Å². The van der Waals surface area contributed by atoms with Crippen LogP contribution in [0.15, 0.2) is 24.3 Å². The molecule has 0 radical (unpaired) electrons. The lowest BCUT2D eigenvalue weighted by Gasteiger charge is -2.16. The van der Waals surface area contributed by atoms with Crippen LogP contribution in [-0.2, 0) is 18.8 Å². The molecule has 0 heterocycles. The topological polar surface area (TPSA) is 72.9 Å². The maximum atomic E-state index is 12.0. The number of likely N-dealkylation sites (N-methyl/N-ethyl adjacent to an activating group) is 1. The van der Waals surface area contributed by atoms with Crippen molar-refractivity contribution >= 4 is 16.3 Å². The van der Waals surface area contributed by atoms with E-state index in [0.29, 0.717) is 5.56 Å². The molecule has 0 unspecified atom stereocenters. The molecule has 0 aliphatic rings. The van der Waals surface area contributed by atoms with Gasteiger partial charge in [0.25, 0.3) is 5.91 Å². The van der Waals surface area contributed by atoms with Gasteiger partial charge in [0.2, 0.25) is 0 Å². The summed E-state index contributed by atoms with van der Waals surface area (Å²) in [5.74, 6) is -0.196. The summed E-state index contributed by atoms with van der Waals surface area (Å²) in [5, 5.41) is 0. The number of rotatable bonds is 6. The van der Waals surface area contributed by atoms with E-state index >= 15 is 0 Å². The van der Waals surface area contributed by atoms with Crippen LogP contribution in [0, 0.1) is 6.92 Å². The van der Waals surface area contributed by atoms with E-state index in [0.717, 1.165) is 12.7 Å². The Morgan fingerprint density at radius 1 is 1.09 bits per heavy atom. The van der Waals surface area contributed by atoms with Crippen LogP contribution in [0.4, 0.5) is 0 Å². The van der Waals surface area contributed by atoms with Gasteiger partial charge in [-0.25, -0.2) is 4.18 Å². The molecule has 0 aliphatic carbocycles. The Morgan fingerprint density at radius 2 is 1.57 bits per heavy atom. The van der Waals surface area contributed by atoms with Gasteiger partial charge in [0, 0.05) is 19.2 Å². The molecule has 1 aromatic rings. The van der Waals surface area contributed by atoms with E-state index in [1.54, 1.807) is 19.2 Å². The molecule has 134 valence electrons. The molecule has 0 saturated heterocycles. The standard InChI is InChI=1S/C12H17NO5S.2C2H6/c1-10-4-6-11(7-5-10)12(14)13(2)8-9-18-19(15,16)17-3;2*1-2/h4-7H,8-9H2,1-3H3;2*1-2H3. The van der Waals surface area contributed by atoms with E-state index in [9.17, 15) is 13.2 Å². The zero-order valence-electron chi connectivity index (χ0n) is 15.1. The molecule has 0 saturated carbocycles. The molecule has 0 atom stereocenters. The highest BCUT2D eigenvalue weighted by molar-refractivity contribution is 7.81. The number of nitrogens with zero attached hydrogens (tertiary/aromatic N) is 1. The van der Waals surface area contributed by atoms with E-state index in [1.807, 2.05) is 46.8 Å². The molecular weight excluding hydrogens is 318 g/mol. The molecule has 0 spiro atoms. The molecule has 7 heteroatoms. The van der Waals surface area contributed by atoms with Gasteiger partial charge in [-0.3, -0.25) is 8.98 Å². The van der Waals surface area contributed by atoms with Crippen LogP contribution in [0.25, 0.3) is 0 Å². The van der Waals surface area contributed by atoms with Crippen molar-refractivity contribution in [3.05, 3.63) is 35.4 Å². The quantitative estimate of drug-likeness (QED) is 0.791. The van der Waals surface area contributed by atoms with Crippen molar-refractivity contribution in [2.75, 3.05) is 27.3 Å². The Balaban J connectivity index is 0. The van der Waals surface area contributed by atoms with Gasteiger partial charge in [0.05, 0.1) is 13.7 Å². The third-order valence-electron chi connectivity index (χ3n) is 2.50. The first kappa shape index (κ1) is 23.8. The van der Waals surface area contributed by atoms with Crippen LogP contribution in [0.5, 0.6) is 0 Å². The lowest BCUT2D eigenvalue weighted by Crippen LogP contribution is -2.30. The zero-order chi connectivity index (χ0) is 18.5. The number of carbonyl (C=O) groups excluding carboxylic acids is 1. The second-order valence-corrected chi connectivity index (χ2v) is 5.38. The Morgan fingerprint density at radius 3 is 2.00 bits per heavy atom. The molecule has 1 aromatic carbocycles. The minimum absolute atomic E-state index is 0.148. The van der Waals surface area contributed by atoms with Crippen molar-refractivity contribution in [2.24, 2.45) is 0 Å². The summed E-state index contributed by atoms with van der Waals surface area (Å²) in [5.41, 5.74) is 1.61. The highest BCUT2D eigenvalue weighted by Gasteiger charge is 2.13. The second-order valence-electron chi connectivity index (χ2n) is 3.99. The van der Waals surface area contributed by atoms with Crippen molar-refractivity contribution in [3.63, 3.8) is 0 Å². The van der Waals surface area contributed by atoms with Crippen LogP contribution >= 0.6 is 0 Å². The molecule has 23 heavy (non-hydrogen) atoms. The van der Waals surface area contributed by atoms with Gasteiger partial charge in [-0.2, -0.15) is 8.42 Å². The number of hydrogen-bond donors (Lipinski definition) is 0. The fraction of sp³-hybridized carbons (Fsp3) is 0.562. The minimum atomic E-state index is -3.95. The Hall–Kier alpha value is -1.44. The van der Waals surface area contributed by atoms with Gasteiger partial charge in [0.15, 0.2) is 0 Å². The molecule has 6 nitrogen and oxygen atoms in total.